The Balaban J connectivity index is 0.00000341. The number of benzene rings is 1. The molecule has 7 heteroatoms. The van der Waals surface area contributed by atoms with E-state index in [0.29, 0.717) is 12.0 Å². The van der Waals surface area contributed by atoms with E-state index in [4.69, 9.17) is 9.73 Å². The van der Waals surface area contributed by atoms with Gasteiger partial charge in [-0.25, -0.2) is 9.98 Å². The van der Waals surface area contributed by atoms with Gasteiger partial charge in [0.05, 0.1) is 0 Å². The minimum Gasteiger partial charge on any atom is -0.382 e. The molecule has 1 heterocycles. The molecule has 0 atom stereocenters. The van der Waals surface area contributed by atoms with Crippen molar-refractivity contribution in [2.75, 3.05) is 26.3 Å². The van der Waals surface area contributed by atoms with Crippen molar-refractivity contribution in [3.63, 3.8) is 0 Å². The van der Waals surface area contributed by atoms with Crippen molar-refractivity contribution < 1.29 is 4.74 Å². The summed E-state index contributed by atoms with van der Waals surface area (Å²) in [5.41, 5.74) is 1.60. The molecule has 1 aliphatic rings. The fourth-order valence-electron chi connectivity index (χ4n) is 4.25. The number of guanidine groups is 1. The molecule has 1 aliphatic carbocycles. The van der Waals surface area contributed by atoms with E-state index in [2.05, 4.69) is 58.3 Å². The Bertz CT molecular complexity index is 771. The smallest absolute Gasteiger partial charge is 0.191 e. The molecule has 0 aliphatic heterocycles. The number of aromatic nitrogens is 2. The molecule has 0 radical (unpaired) electrons. The van der Waals surface area contributed by atoms with Gasteiger partial charge in [0.15, 0.2) is 5.96 Å². The average Bonchev–Trinajstić information content (AvgIpc) is 3.41. The first kappa shape index (κ1) is 25.6. The van der Waals surface area contributed by atoms with Crippen LogP contribution in [0, 0.1) is 5.41 Å². The summed E-state index contributed by atoms with van der Waals surface area (Å²) in [7, 11) is 0. The Morgan fingerprint density at radius 2 is 1.94 bits per heavy atom. The van der Waals surface area contributed by atoms with E-state index in [1.54, 1.807) is 0 Å². The number of hydrogen-bond acceptors (Lipinski definition) is 3. The minimum atomic E-state index is 0. The molecule has 0 amide bonds. The van der Waals surface area contributed by atoms with Gasteiger partial charge in [-0.1, -0.05) is 43.2 Å². The summed E-state index contributed by atoms with van der Waals surface area (Å²) in [6, 6.07) is 10.5. The summed E-state index contributed by atoms with van der Waals surface area (Å²) in [5, 5.41) is 7.00. The van der Waals surface area contributed by atoms with Gasteiger partial charge in [0.2, 0.25) is 0 Å². The zero-order valence-corrected chi connectivity index (χ0v) is 21.3. The Morgan fingerprint density at radius 1 is 1.16 bits per heavy atom. The van der Waals surface area contributed by atoms with Gasteiger partial charge in [-0.05, 0) is 44.1 Å². The lowest BCUT2D eigenvalue weighted by Crippen LogP contribution is -2.43. The van der Waals surface area contributed by atoms with Crippen LogP contribution in [0.4, 0.5) is 0 Å². The van der Waals surface area contributed by atoms with Crippen molar-refractivity contribution in [2.45, 2.75) is 59.0 Å². The highest BCUT2D eigenvalue weighted by atomic mass is 127. The predicted molar refractivity (Wildman–Crippen MR) is 138 cm³/mol. The highest BCUT2D eigenvalue weighted by Gasteiger charge is 2.33. The van der Waals surface area contributed by atoms with Gasteiger partial charge in [-0.3, -0.25) is 0 Å². The molecule has 0 spiro atoms. The van der Waals surface area contributed by atoms with Gasteiger partial charge < -0.3 is 19.9 Å². The van der Waals surface area contributed by atoms with Crippen LogP contribution in [0.25, 0.3) is 0 Å². The number of halogens is 1. The highest BCUT2D eigenvalue weighted by Crippen LogP contribution is 2.40. The summed E-state index contributed by atoms with van der Waals surface area (Å²) in [4.78, 5) is 9.36. The van der Waals surface area contributed by atoms with Gasteiger partial charge in [0.1, 0.15) is 12.4 Å². The maximum Gasteiger partial charge on any atom is 0.191 e. The molecule has 1 aromatic heterocycles. The molecule has 0 unspecified atom stereocenters. The van der Waals surface area contributed by atoms with Crippen molar-refractivity contribution in [3.8, 4) is 0 Å². The number of hydrogen-bond donors (Lipinski definition) is 2. The van der Waals surface area contributed by atoms with Crippen LogP contribution in [0.3, 0.4) is 0 Å². The van der Waals surface area contributed by atoms with Crippen LogP contribution in [0.1, 0.15) is 57.3 Å². The third-order valence-corrected chi connectivity index (χ3v) is 6.00. The third-order valence-electron chi connectivity index (χ3n) is 6.00. The normalized spacial score (nSPS) is 15.5. The minimum absolute atomic E-state index is 0. The quantitative estimate of drug-likeness (QED) is 0.190. The second-order valence-corrected chi connectivity index (χ2v) is 8.16. The van der Waals surface area contributed by atoms with Crippen molar-refractivity contribution in [1.29, 1.82) is 0 Å². The van der Waals surface area contributed by atoms with E-state index >= 15 is 0 Å². The lowest BCUT2D eigenvalue weighted by Gasteiger charge is -2.30. The summed E-state index contributed by atoms with van der Waals surface area (Å²) in [6.45, 7) is 8.98. The fourth-order valence-corrected chi connectivity index (χ4v) is 4.25. The maximum absolute atomic E-state index is 5.65. The summed E-state index contributed by atoms with van der Waals surface area (Å²) in [5.74, 6) is 1.84. The summed E-state index contributed by atoms with van der Waals surface area (Å²) < 4.78 is 7.82. The Morgan fingerprint density at radius 3 is 2.65 bits per heavy atom. The number of nitrogens with zero attached hydrogens (tertiary/aromatic N) is 3. The lowest BCUT2D eigenvalue weighted by atomic mass is 9.83. The molecule has 172 valence electrons. The number of rotatable bonds is 11. The highest BCUT2D eigenvalue weighted by molar-refractivity contribution is 14.0. The Kier molecular flexibility index (Phi) is 11.4. The van der Waals surface area contributed by atoms with E-state index in [1.807, 2.05) is 18.5 Å². The molecular weight excluding hydrogens is 501 g/mol. The number of ether oxygens (including phenoxy) is 1. The second-order valence-electron chi connectivity index (χ2n) is 8.16. The standard InChI is InChI=1S/C24H37N5O.HI/c1-3-25-23(28-20-24(12-8-9-13-24)14-17-30-4-2)27-18-22-26-15-16-29(22)19-21-10-6-5-7-11-21;/h5-7,10-11,15-16H,3-4,8-9,12-14,17-20H2,1-2H3,(H2,25,27,28);1H. The molecule has 0 saturated heterocycles. The van der Waals surface area contributed by atoms with E-state index in [0.717, 1.165) is 51.1 Å². The van der Waals surface area contributed by atoms with Gasteiger partial charge in [0, 0.05) is 45.2 Å². The van der Waals surface area contributed by atoms with E-state index < -0.39 is 0 Å². The molecular formula is C24H38IN5O. The van der Waals surface area contributed by atoms with Crippen LogP contribution in [0.2, 0.25) is 0 Å². The summed E-state index contributed by atoms with van der Waals surface area (Å²) >= 11 is 0. The largest absolute Gasteiger partial charge is 0.382 e. The van der Waals surface area contributed by atoms with Crippen LogP contribution in [0.5, 0.6) is 0 Å². The van der Waals surface area contributed by atoms with Crippen LogP contribution < -0.4 is 10.6 Å². The van der Waals surface area contributed by atoms with Crippen LogP contribution in [-0.2, 0) is 17.8 Å². The average molecular weight is 540 g/mol. The lowest BCUT2D eigenvalue weighted by molar-refractivity contribution is 0.105. The van der Waals surface area contributed by atoms with Crippen molar-refractivity contribution in [3.05, 3.63) is 54.1 Å². The molecule has 1 fully saturated rings. The molecule has 2 aromatic rings. The zero-order chi connectivity index (χ0) is 21.1. The first-order valence-corrected chi connectivity index (χ1v) is 11.4. The fraction of sp³-hybridized carbons (Fsp3) is 0.583. The first-order chi connectivity index (χ1) is 14.7. The van der Waals surface area contributed by atoms with Crippen molar-refractivity contribution in [2.24, 2.45) is 10.4 Å². The third kappa shape index (κ3) is 8.11. The number of imidazole rings is 1. The molecule has 0 bridgehead atoms. The predicted octanol–water partition coefficient (Wildman–Crippen LogP) is 4.59. The van der Waals surface area contributed by atoms with E-state index in [-0.39, 0.29) is 24.0 Å². The Hall–Kier alpha value is -1.61. The molecule has 6 nitrogen and oxygen atoms in total. The van der Waals surface area contributed by atoms with Crippen LogP contribution in [0.15, 0.2) is 47.7 Å². The van der Waals surface area contributed by atoms with Crippen molar-refractivity contribution in [1.82, 2.24) is 20.2 Å². The van der Waals surface area contributed by atoms with Crippen LogP contribution in [-0.4, -0.2) is 41.8 Å². The van der Waals surface area contributed by atoms with Gasteiger partial charge >= 0.3 is 0 Å². The van der Waals surface area contributed by atoms with E-state index in [9.17, 15) is 0 Å². The van der Waals surface area contributed by atoms with Crippen molar-refractivity contribution >= 4 is 29.9 Å². The number of aliphatic imine (C=N–C) groups is 1. The van der Waals surface area contributed by atoms with E-state index in [1.165, 1.54) is 31.2 Å². The molecule has 31 heavy (non-hydrogen) atoms. The van der Waals surface area contributed by atoms with Crippen LogP contribution >= 0.6 is 24.0 Å². The molecule has 1 aromatic carbocycles. The van der Waals surface area contributed by atoms with Gasteiger partial charge in [-0.15, -0.1) is 24.0 Å². The first-order valence-electron chi connectivity index (χ1n) is 11.4. The summed E-state index contributed by atoms with van der Waals surface area (Å²) in [6.07, 6.45) is 10.2. The van der Waals surface area contributed by atoms with Gasteiger partial charge in [-0.2, -0.15) is 0 Å². The Labute approximate surface area is 204 Å². The molecule has 2 N–H and O–H groups in total. The molecule has 3 rings (SSSR count). The monoisotopic (exact) mass is 539 g/mol. The zero-order valence-electron chi connectivity index (χ0n) is 19.0. The second kappa shape index (κ2) is 13.7. The maximum atomic E-state index is 5.65. The number of nitrogens with one attached hydrogen (secondary N) is 2. The van der Waals surface area contributed by atoms with Gasteiger partial charge in [0.25, 0.3) is 0 Å². The topological polar surface area (TPSA) is 63.5 Å². The molecule has 1 saturated carbocycles. The SMILES string of the molecule is CCNC(=NCc1nccn1Cc1ccccc1)NCC1(CCOCC)CCCC1.I.